The molecule has 2 aliphatic carbocycles. The van der Waals surface area contributed by atoms with Gasteiger partial charge in [-0.25, -0.2) is 0 Å². The molecule has 0 heterocycles. The predicted octanol–water partition coefficient (Wildman–Crippen LogP) is 10.3. The average Bonchev–Trinajstić information content (AvgIpc) is 2.88. The van der Waals surface area contributed by atoms with Crippen LogP contribution in [0.3, 0.4) is 0 Å². The SMILES string of the molecule is CCCCCCCC1CCC2CC(c3ccc(-c4ccc(OC(F)(F)C(F)F)cc4)cc3)CCC2C1. The van der Waals surface area contributed by atoms with E-state index in [9.17, 15) is 17.6 Å². The molecule has 4 unspecified atom stereocenters. The van der Waals surface area contributed by atoms with Crippen molar-refractivity contribution in [3.63, 3.8) is 0 Å². The molecule has 4 rings (SSSR count). The van der Waals surface area contributed by atoms with E-state index in [0.29, 0.717) is 5.92 Å². The largest absolute Gasteiger partial charge is 0.461 e. The summed E-state index contributed by atoms with van der Waals surface area (Å²) in [4.78, 5) is 0. The first kappa shape index (κ1) is 27.0. The lowest BCUT2D eigenvalue weighted by Crippen LogP contribution is -2.33. The summed E-state index contributed by atoms with van der Waals surface area (Å²) < 4.78 is 55.1. The van der Waals surface area contributed by atoms with Crippen LogP contribution in [0.1, 0.15) is 95.5 Å². The van der Waals surface area contributed by atoms with Crippen molar-refractivity contribution >= 4 is 0 Å². The van der Waals surface area contributed by atoms with Gasteiger partial charge in [-0.05, 0) is 84.6 Å². The molecule has 0 spiro atoms. The van der Waals surface area contributed by atoms with Crippen molar-refractivity contribution < 1.29 is 22.3 Å². The van der Waals surface area contributed by atoms with Crippen molar-refractivity contribution in [2.24, 2.45) is 17.8 Å². The zero-order chi connectivity index (χ0) is 25.5. The summed E-state index contributed by atoms with van der Waals surface area (Å²) in [6, 6.07) is 14.4. The van der Waals surface area contributed by atoms with E-state index in [4.69, 9.17) is 0 Å². The highest BCUT2D eigenvalue weighted by Gasteiger charge is 2.44. The number of halogens is 4. The van der Waals surface area contributed by atoms with Crippen LogP contribution in [0.25, 0.3) is 11.1 Å². The first-order chi connectivity index (χ1) is 17.4. The molecule has 2 aromatic carbocycles. The second kappa shape index (κ2) is 12.5. The Balaban J connectivity index is 1.27. The number of alkyl halides is 4. The molecule has 0 N–H and O–H groups in total. The van der Waals surface area contributed by atoms with E-state index in [1.807, 2.05) is 0 Å². The van der Waals surface area contributed by atoms with Gasteiger partial charge in [-0.3, -0.25) is 0 Å². The van der Waals surface area contributed by atoms with E-state index < -0.39 is 12.5 Å². The van der Waals surface area contributed by atoms with Crippen molar-refractivity contribution in [2.45, 2.75) is 102 Å². The normalized spacial score (nSPS) is 24.5. The summed E-state index contributed by atoms with van der Waals surface area (Å²) in [5.41, 5.74) is 3.19. The molecule has 5 heteroatoms. The number of rotatable bonds is 11. The van der Waals surface area contributed by atoms with Crippen LogP contribution in [0.4, 0.5) is 17.6 Å². The Labute approximate surface area is 213 Å². The summed E-state index contributed by atoms with van der Waals surface area (Å²) in [5.74, 6) is 3.05. The minimum Gasteiger partial charge on any atom is -0.428 e. The molecule has 0 saturated heterocycles. The van der Waals surface area contributed by atoms with Crippen molar-refractivity contribution in [1.82, 2.24) is 0 Å². The van der Waals surface area contributed by atoms with Crippen molar-refractivity contribution in [3.8, 4) is 16.9 Å². The zero-order valence-corrected chi connectivity index (χ0v) is 21.4. The number of benzene rings is 2. The van der Waals surface area contributed by atoms with Gasteiger partial charge in [0, 0.05) is 0 Å². The Hall–Kier alpha value is -2.04. The van der Waals surface area contributed by atoms with Gasteiger partial charge in [0.25, 0.3) is 0 Å². The summed E-state index contributed by atoms with van der Waals surface area (Å²) in [6.45, 7) is 2.27. The molecule has 2 saturated carbocycles. The fourth-order valence-electron chi connectivity index (χ4n) is 6.45. The lowest BCUT2D eigenvalue weighted by molar-refractivity contribution is -0.253. The molecule has 0 amide bonds. The molecule has 1 nitrogen and oxygen atoms in total. The molecule has 0 bridgehead atoms. The number of ether oxygens (including phenoxy) is 1. The average molecular weight is 505 g/mol. The summed E-state index contributed by atoms with van der Waals surface area (Å²) in [6.07, 6.45) is 8.10. The van der Waals surface area contributed by atoms with E-state index in [1.54, 1.807) is 12.1 Å². The number of hydrogen-bond donors (Lipinski definition) is 0. The molecule has 2 aliphatic rings. The maximum atomic E-state index is 13.1. The molecule has 0 aliphatic heterocycles. The molecular weight excluding hydrogens is 464 g/mol. The van der Waals surface area contributed by atoms with Gasteiger partial charge >= 0.3 is 12.5 Å². The van der Waals surface area contributed by atoms with Crippen LogP contribution >= 0.6 is 0 Å². The maximum Gasteiger partial charge on any atom is 0.461 e. The molecule has 2 aromatic rings. The smallest absolute Gasteiger partial charge is 0.428 e. The highest BCUT2D eigenvalue weighted by atomic mass is 19.3. The first-order valence-electron chi connectivity index (χ1n) is 13.9. The molecule has 198 valence electrons. The van der Waals surface area contributed by atoms with Gasteiger partial charge in [-0.15, -0.1) is 0 Å². The van der Waals surface area contributed by atoms with Crippen LogP contribution in [-0.2, 0) is 0 Å². The van der Waals surface area contributed by atoms with Crippen molar-refractivity contribution in [3.05, 3.63) is 54.1 Å². The van der Waals surface area contributed by atoms with Crippen LogP contribution in [0.2, 0.25) is 0 Å². The third-order valence-corrected chi connectivity index (χ3v) is 8.52. The molecular formula is C31H40F4O. The van der Waals surface area contributed by atoms with Gasteiger partial charge in [0.05, 0.1) is 0 Å². The lowest BCUT2D eigenvalue weighted by atomic mass is 9.63. The Bertz CT molecular complexity index is 925. The van der Waals surface area contributed by atoms with E-state index in [-0.39, 0.29) is 5.75 Å². The molecule has 4 atom stereocenters. The number of unbranched alkanes of at least 4 members (excludes halogenated alkanes) is 4. The van der Waals surface area contributed by atoms with Gasteiger partial charge in [-0.2, -0.15) is 17.6 Å². The summed E-state index contributed by atoms with van der Waals surface area (Å²) >= 11 is 0. The van der Waals surface area contributed by atoms with Crippen LogP contribution in [0.15, 0.2) is 48.5 Å². The fraction of sp³-hybridized carbons (Fsp3) is 0.613. The van der Waals surface area contributed by atoms with Gasteiger partial charge in [-0.1, -0.05) is 88.3 Å². The summed E-state index contributed by atoms with van der Waals surface area (Å²) in [7, 11) is 0. The van der Waals surface area contributed by atoms with Crippen molar-refractivity contribution in [2.75, 3.05) is 0 Å². The van der Waals surface area contributed by atoms with E-state index >= 15 is 0 Å². The van der Waals surface area contributed by atoms with Gasteiger partial charge in [0.2, 0.25) is 0 Å². The zero-order valence-electron chi connectivity index (χ0n) is 21.4. The standard InChI is InChI=1S/C31H40F4O/c1-2-3-4-5-6-7-22-8-9-28-21-27(15-14-26(28)20-22)25-12-10-23(11-13-25)24-16-18-29(19-17-24)36-31(34,35)30(32)33/h10-13,16-19,22,26-28,30H,2-9,14-15,20-21H2,1H3. The Morgan fingerprint density at radius 2 is 1.39 bits per heavy atom. The first-order valence-corrected chi connectivity index (χ1v) is 13.9. The molecule has 0 radical (unpaired) electrons. The highest BCUT2D eigenvalue weighted by Crippen LogP contribution is 2.48. The Morgan fingerprint density at radius 1 is 0.778 bits per heavy atom. The molecule has 36 heavy (non-hydrogen) atoms. The van der Waals surface area contributed by atoms with Gasteiger partial charge < -0.3 is 4.74 Å². The van der Waals surface area contributed by atoms with Gasteiger partial charge in [0.15, 0.2) is 0 Å². The minimum absolute atomic E-state index is 0.274. The second-order valence-electron chi connectivity index (χ2n) is 11.0. The predicted molar refractivity (Wildman–Crippen MR) is 138 cm³/mol. The third-order valence-electron chi connectivity index (χ3n) is 8.52. The van der Waals surface area contributed by atoms with Crippen LogP contribution in [-0.4, -0.2) is 12.5 Å². The third kappa shape index (κ3) is 7.04. The highest BCUT2D eigenvalue weighted by molar-refractivity contribution is 5.64. The van der Waals surface area contributed by atoms with Gasteiger partial charge in [0.1, 0.15) is 5.75 Å². The number of hydrogen-bond acceptors (Lipinski definition) is 1. The van der Waals surface area contributed by atoms with E-state index in [0.717, 1.165) is 28.9 Å². The van der Waals surface area contributed by atoms with E-state index in [2.05, 4.69) is 35.9 Å². The van der Waals surface area contributed by atoms with Crippen molar-refractivity contribution in [1.29, 1.82) is 0 Å². The number of fused-ring (bicyclic) bond motifs is 1. The topological polar surface area (TPSA) is 9.23 Å². The maximum absolute atomic E-state index is 13.1. The van der Waals surface area contributed by atoms with Crippen LogP contribution < -0.4 is 4.74 Å². The van der Waals surface area contributed by atoms with Crippen LogP contribution in [0.5, 0.6) is 5.75 Å². The monoisotopic (exact) mass is 504 g/mol. The quantitative estimate of drug-likeness (QED) is 0.218. The fourth-order valence-corrected chi connectivity index (χ4v) is 6.45. The minimum atomic E-state index is -4.49. The molecule has 2 fully saturated rings. The Kier molecular flexibility index (Phi) is 9.35. The molecule has 0 aromatic heterocycles. The van der Waals surface area contributed by atoms with Crippen LogP contribution in [0, 0.1) is 17.8 Å². The second-order valence-corrected chi connectivity index (χ2v) is 11.0. The lowest BCUT2D eigenvalue weighted by Gasteiger charge is -2.42. The van der Waals surface area contributed by atoms with E-state index in [1.165, 1.54) is 94.7 Å². The Morgan fingerprint density at radius 3 is 2.06 bits per heavy atom. The summed E-state index contributed by atoms with van der Waals surface area (Å²) in [5, 5.41) is 0.